The van der Waals surface area contributed by atoms with Crippen molar-refractivity contribution < 1.29 is 4.39 Å². The highest BCUT2D eigenvalue weighted by atomic mass is 127. The highest BCUT2D eigenvalue weighted by Gasteiger charge is 2.23. The van der Waals surface area contributed by atoms with Crippen LogP contribution in [0.1, 0.15) is 16.8 Å². The van der Waals surface area contributed by atoms with E-state index in [1.807, 2.05) is 0 Å². The number of nitriles is 1. The molecule has 9 heteroatoms. The second-order valence-electron chi connectivity index (χ2n) is 7.16. The summed E-state index contributed by atoms with van der Waals surface area (Å²) < 4.78 is 18.0. The van der Waals surface area contributed by atoms with Gasteiger partial charge in [-0.3, -0.25) is 13.9 Å². The van der Waals surface area contributed by atoms with Gasteiger partial charge < -0.3 is 0 Å². The average molecular weight is 541 g/mol. The molecule has 160 valence electrons. The van der Waals surface area contributed by atoms with Gasteiger partial charge in [-0.1, -0.05) is 12.1 Å². The lowest BCUT2D eigenvalue weighted by atomic mass is 10.1. The molecule has 2 heterocycles. The zero-order valence-electron chi connectivity index (χ0n) is 17.2. The molecular weight excluding hydrogens is 524 g/mol. The fourth-order valence-electron chi connectivity index (χ4n) is 3.60. The fraction of sp³-hybridized carbons (Fsp3) is 0.130. The Kier molecular flexibility index (Phi) is 5.80. The molecule has 0 aliphatic heterocycles. The van der Waals surface area contributed by atoms with E-state index in [2.05, 4.69) is 33.8 Å². The van der Waals surface area contributed by atoms with E-state index in [9.17, 15) is 14.0 Å². The lowest BCUT2D eigenvalue weighted by molar-refractivity contribution is 0.485. The van der Waals surface area contributed by atoms with Gasteiger partial charge in [-0.25, -0.2) is 13.9 Å². The molecule has 0 aliphatic carbocycles. The molecule has 0 unspecified atom stereocenters. The number of nitrogens with zero attached hydrogens (tertiary/aromatic N) is 5. The van der Waals surface area contributed by atoms with E-state index in [-0.39, 0.29) is 0 Å². The Morgan fingerprint density at radius 1 is 1.12 bits per heavy atom. The Labute approximate surface area is 196 Å². The third-order valence-corrected chi connectivity index (χ3v) is 6.01. The first-order valence-electron chi connectivity index (χ1n) is 9.59. The molecule has 7 nitrogen and oxygen atoms in total. The van der Waals surface area contributed by atoms with Crippen LogP contribution in [0.2, 0.25) is 0 Å². The molecule has 0 spiro atoms. The normalized spacial score (nSPS) is 10.8. The monoisotopic (exact) mass is 541 g/mol. The van der Waals surface area contributed by atoms with Gasteiger partial charge in [-0.15, -0.1) is 0 Å². The number of halogens is 2. The van der Waals surface area contributed by atoms with Crippen molar-refractivity contribution in [1.29, 1.82) is 5.26 Å². The maximum atomic E-state index is 13.3. The summed E-state index contributed by atoms with van der Waals surface area (Å²) in [7, 11) is 1.42. The number of alkyl halides is 1. The van der Waals surface area contributed by atoms with Crippen molar-refractivity contribution >= 4 is 22.6 Å². The van der Waals surface area contributed by atoms with E-state index >= 15 is 0 Å². The molecule has 2 aromatic heterocycles. The summed E-state index contributed by atoms with van der Waals surface area (Å²) in [5.74, 6) is 0. The highest BCUT2D eigenvalue weighted by Crippen LogP contribution is 2.28. The Balaban J connectivity index is 2.03. The average Bonchev–Trinajstić information content (AvgIpc) is 3.19. The van der Waals surface area contributed by atoms with Gasteiger partial charge in [0, 0.05) is 12.7 Å². The van der Waals surface area contributed by atoms with Gasteiger partial charge in [0.15, 0.2) is 0 Å². The number of rotatable bonds is 4. The summed E-state index contributed by atoms with van der Waals surface area (Å²) in [6, 6.07) is 15.5. The van der Waals surface area contributed by atoms with Crippen LogP contribution in [0.15, 0.2) is 64.3 Å². The van der Waals surface area contributed by atoms with Crippen molar-refractivity contribution in [3.63, 3.8) is 0 Å². The molecule has 0 amide bonds. The zero-order valence-corrected chi connectivity index (χ0v) is 19.4. The first-order valence-corrected chi connectivity index (χ1v) is 10.7. The lowest BCUT2D eigenvalue weighted by Gasteiger charge is -2.17. The lowest BCUT2D eigenvalue weighted by Crippen LogP contribution is -2.40. The van der Waals surface area contributed by atoms with Gasteiger partial charge in [-0.2, -0.15) is 10.4 Å². The SMILES string of the molecule is Cc1c(-c2c(I)cnn2-c2ccc(C#N)cc2)c(=O)n(C)c(=O)n1-c1cccc(CF)c1. The van der Waals surface area contributed by atoms with Crippen molar-refractivity contribution in [2.75, 3.05) is 0 Å². The molecule has 2 aromatic carbocycles. The van der Waals surface area contributed by atoms with Crippen LogP contribution in [0, 0.1) is 21.8 Å². The molecule has 32 heavy (non-hydrogen) atoms. The second kappa shape index (κ2) is 8.55. The number of hydrogen-bond donors (Lipinski definition) is 0. The Morgan fingerprint density at radius 2 is 1.84 bits per heavy atom. The molecule has 0 fully saturated rings. The predicted octanol–water partition coefficient (Wildman–Crippen LogP) is 3.64. The van der Waals surface area contributed by atoms with Gasteiger partial charge in [-0.05, 0) is 71.5 Å². The van der Waals surface area contributed by atoms with Crippen LogP contribution in [0.4, 0.5) is 4.39 Å². The molecule has 4 rings (SSSR count). The predicted molar refractivity (Wildman–Crippen MR) is 127 cm³/mol. The molecule has 0 radical (unpaired) electrons. The first-order chi connectivity index (χ1) is 15.4. The standard InChI is InChI=1S/C23H17FIN5O2/c1-14-20(21-19(25)13-27-30(21)17-8-6-15(12-26)7-9-17)22(31)28(2)23(32)29(14)18-5-3-4-16(10-18)11-24/h3-10,13H,11H2,1-2H3. The van der Waals surface area contributed by atoms with Crippen LogP contribution < -0.4 is 11.2 Å². The minimum atomic E-state index is -0.663. The summed E-state index contributed by atoms with van der Waals surface area (Å²) in [4.78, 5) is 26.3. The van der Waals surface area contributed by atoms with E-state index in [0.29, 0.717) is 39.5 Å². The third-order valence-electron chi connectivity index (χ3n) is 5.22. The molecule has 4 aromatic rings. The summed E-state index contributed by atoms with van der Waals surface area (Å²) in [5.41, 5.74) is 2.35. The molecule has 0 saturated carbocycles. The summed E-state index contributed by atoms with van der Waals surface area (Å²) in [6.45, 7) is 1.02. The molecule has 0 bridgehead atoms. The van der Waals surface area contributed by atoms with Gasteiger partial charge in [0.25, 0.3) is 5.56 Å². The third kappa shape index (κ3) is 3.56. The van der Waals surface area contributed by atoms with E-state index in [1.54, 1.807) is 66.3 Å². The minimum absolute atomic E-state index is 0.309. The minimum Gasteiger partial charge on any atom is -0.268 e. The molecule has 0 saturated heterocycles. The quantitative estimate of drug-likeness (QED) is 0.370. The van der Waals surface area contributed by atoms with Crippen molar-refractivity contribution in [2.24, 2.45) is 7.05 Å². The van der Waals surface area contributed by atoms with Crippen LogP contribution in [0.3, 0.4) is 0 Å². The van der Waals surface area contributed by atoms with Crippen LogP contribution in [-0.2, 0) is 13.7 Å². The van der Waals surface area contributed by atoms with Crippen molar-refractivity contribution in [2.45, 2.75) is 13.6 Å². The smallest absolute Gasteiger partial charge is 0.268 e. The van der Waals surface area contributed by atoms with Crippen LogP contribution in [0.25, 0.3) is 22.6 Å². The summed E-state index contributed by atoms with van der Waals surface area (Å²) >= 11 is 2.10. The van der Waals surface area contributed by atoms with Gasteiger partial charge >= 0.3 is 5.69 Å². The highest BCUT2D eigenvalue weighted by molar-refractivity contribution is 14.1. The maximum Gasteiger partial charge on any atom is 0.335 e. The van der Waals surface area contributed by atoms with Gasteiger partial charge in [0.2, 0.25) is 0 Å². The summed E-state index contributed by atoms with van der Waals surface area (Å²) in [6.07, 6.45) is 1.63. The Morgan fingerprint density at radius 3 is 2.50 bits per heavy atom. The van der Waals surface area contributed by atoms with E-state index in [1.165, 1.54) is 11.6 Å². The Bertz CT molecular complexity index is 1490. The van der Waals surface area contributed by atoms with E-state index < -0.39 is 17.9 Å². The second-order valence-corrected chi connectivity index (χ2v) is 8.32. The van der Waals surface area contributed by atoms with Crippen molar-refractivity contribution in [3.8, 4) is 28.7 Å². The molecule has 0 N–H and O–H groups in total. The topological polar surface area (TPSA) is 85.6 Å². The van der Waals surface area contributed by atoms with Crippen molar-refractivity contribution in [1.82, 2.24) is 18.9 Å². The fourth-order valence-corrected chi connectivity index (χ4v) is 4.22. The number of benzene rings is 2. The Hall–Kier alpha value is -3.52. The van der Waals surface area contributed by atoms with Crippen LogP contribution in [-0.4, -0.2) is 18.9 Å². The molecule has 0 atom stereocenters. The molecular formula is C23H17FIN5O2. The maximum absolute atomic E-state index is 13.3. The first kappa shape index (κ1) is 21.7. The zero-order chi connectivity index (χ0) is 23.0. The van der Waals surface area contributed by atoms with Gasteiger partial charge in [0.1, 0.15) is 6.67 Å². The van der Waals surface area contributed by atoms with Crippen molar-refractivity contribution in [3.05, 3.63) is 96.0 Å². The number of aromatic nitrogens is 4. The van der Waals surface area contributed by atoms with E-state index in [4.69, 9.17) is 5.26 Å². The van der Waals surface area contributed by atoms with Crippen LogP contribution >= 0.6 is 22.6 Å². The van der Waals surface area contributed by atoms with Crippen LogP contribution in [0.5, 0.6) is 0 Å². The van der Waals surface area contributed by atoms with Gasteiger partial charge in [0.05, 0.1) is 44.0 Å². The number of hydrogen-bond acceptors (Lipinski definition) is 4. The summed E-state index contributed by atoms with van der Waals surface area (Å²) in [5, 5.41) is 13.5. The van der Waals surface area contributed by atoms with E-state index in [0.717, 1.165) is 8.14 Å². The largest absolute Gasteiger partial charge is 0.335 e. The molecule has 0 aliphatic rings.